The van der Waals surface area contributed by atoms with Gasteiger partial charge in [-0.1, -0.05) is 61.4 Å². The van der Waals surface area contributed by atoms with Crippen molar-refractivity contribution < 1.29 is 9.53 Å². The molecule has 150 valence electrons. The number of halogens is 2. The first-order chi connectivity index (χ1) is 14.5. The van der Waals surface area contributed by atoms with E-state index in [4.69, 9.17) is 4.74 Å². The van der Waals surface area contributed by atoms with E-state index in [9.17, 15) is 4.79 Å². The number of hydrogen-bond acceptors (Lipinski definition) is 5. The number of aromatic nitrogens is 1. The minimum Gasteiger partial charge on any atom is -0.497 e. The van der Waals surface area contributed by atoms with Gasteiger partial charge >= 0.3 is 0 Å². The standard InChI is InChI=1S/C22H15Br2N3O2S/c1-29-18-9-10-19-20(12-18)30-22(26-19)27(21(28)15-3-2-4-17(24)11-15)25-13-14-5-7-16(23)8-6-14/h2-13H,1H3/b25-13+. The van der Waals surface area contributed by atoms with Gasteiger partial charge < -0.3 is 4.74 Å². The number of rotatable bonds is 5. The first-order valence-electron chi connectivity index (χ1n) is 8.87. The van der Waals surface area contributed by atoms with Crippen molar-refractivity contribution in [3.8, 4) is 5.75 Å². The van der Waals surface area contributed by atoms with Crippen LogP contribution in [0.5, 0.6) is 5.75 Å². The third-order valence-electron chi connectivity index (χ3n) is 4.22. The lowest BCUT2D eigenvalue weighted by molar-refractivity contribution is 0.0988. The lowest BCUT2D eigenvalue weighted by Crippen LogP contribution is -2.25. The Balaban J connectivity index is 1.76. The van der Waals surface area contributed by atoms with Gasteiger partial charge in [0.2, 0.25) is 5.13 Å². The molecule has 1 aromatic heterocycles. The molecule has 4 rings (SSSR count). The molecule has 0 atom stereocenters. The average molecular weight is 545 g/mol. The molecule has 0 aliphatic carbocycles. The van der Waals surface area contributed by atoms with Crippen LogP contribution in [0.1, 0.15) is 15.9 Å². The Hall–Kier alpha value is -2.55. The molecule has 0 radical (unpaired) electrons. The number of anilines is 1. The number of carbonyl (C=O) groups is 1. The maximum atomic E-state index is 13.3. The minimum atomic E-state index is -0.268. The molecular formula is C22H15Br2N3O2S. The second-order valence-electron chi connectivity index (χ2n) is 6.25. The summed E-state index contributed by atoms with van der Waals surface area (Å²) in [4.78, 5) is 17.9. The van der Waals surface area contributed by atoms with Crippen LogP contribution in [0.3, 0.4) is 0 Å². The number of hydrogen-bond donors (Lipinski definition) is 0. The van der Waals surface area contributed by atoms with Gasteiger partial charge in [0.15, 0.2) is 0 Å². The zero-order valence-corrected chi connectivity index (χ0v) is 19.7. The van der Waals surface area contributed by atoms with Crippen LogP contribution >= 0.6 is 43.2 Å². The fourth-order valence-corrected chi connectivity index (χ4v) is 4.33. The molecule has 8 heteroatoms. The Morgan fingerprint density at radius 3 is 2.60 bits per heavy atom. The minimum absolute atomic E-state index is 0.268. The largest absolute Gasteiger partial charge is 0.497 e. The molecule has 0 unspecified atom stereocenters. The Kier molecular flexibility index (Phi) is 6.26. The van der Waals surface area contributed by atoms with E-state index in [0.29, 0.717) is 10.7 Å². The van der Waals surface area contributed by atoms with Crippen molar-refractivity contribution in [2.45, 2.75) is 0 Å². The predicted molar refractivity (Wildman–Crippen MR) is 129 cm³/mol. The van der Waals surface area contributed by atoms with Crippen molar-refractivity contribution in [1.82, 2.24) is 4.98 Å². The summed E-state index contributed by atoms with van der Waals surface area (Å²) in [6.45, 7) is 0. The maximum Gasteiger partial charge on any atom is 0.280 e. The summed E-state index contributed by atoms with van der Waals surface area (Å²) in [6, 6.07) is 20.5. The molecule has 0 aliphatic rings. The number of methoxy groups -OCH3 is 1. The van der Waals surface area contributed by atoms with Gasteiger partial charge in [-0.15, -0.1) is 0 Å². The van der Waals surface area contributed by atoms with Crippen LogP contribution in [0.15, 0.2) is 80.8 Å². The van der Waals surface area contributed by atoms with Gasteiger partial charge in [-0.25, -0.2) is 4.98 Å². The van der Waals surface area contributed by atoms with Crippen molar-refractivity contribution in [3.63, 3.8) is 0 Å². The number of ether oxygens (including phenoxy) is 1. The highest BCUT2D eigenvalue weighted by atomic mass is 79.9. The molecule has 3 aromatic carbocycles. The van der Waals surface area contributed by atoms with Crippen molar-refractivity contribution in [2.24, 2.45) is 5.10 Å². The fourth-order valence-electron chi connectivity index (χ4n) is 2.72. The molecule has 0 bridgehead atoms. The van der Waals surface area contributed by atoms with Crippen LogP contribution < -0.4 is 9.75 Å². The van der Waals surface area contributed by atoms with E-state index >= 15 is 0 Å². The zero-order chi connectivity index (χ0) is 21.1. The second kappa shape index (κ2) is 9.07. The summed E-state index contributed by atoms with van der Waals surface area (Å²) in [5.41, 5.74) is 2.16. The topological polar surface area (TPSA) is 54.8 Å². The SMILES string of the molecule is COc1ccc2nc(N(/N=C/c3ccc(Br)cc3)C(=O)c3cccc(Br)c3)sc2c1. The van der Waals surface area contributed by atoms with Gasteiger partial charge in [0.1, 0.15) is 5.75 Å². The van der Waals surface area contributed by atoms with Crippen molar-refractivity contribution in [1.29, 1.82) is 0 Å². The Labute approximate surface area is 194 Å². The lowest BCUT2D eigenvalue weighted by atomic mass is 10.2. The van der Waals surface area contributed by atoms with Crippen molar-refractivity contribution >= 4 is 70.7 Å². The van der Waals surface area contributed by atoms with Gasteiger partial charge in [0, 0.05) is 14.5 Å². The van der Waals surface area contributed by atoms with Crippen LogP contribution in [-0.2, 0) is 0 Å². The van der Waals surface area contributed by atoms with Crippen LogP contribution in [0.25, 0.3) is 10.2 Å². The van der Waals surface area contributed by atoms with Gasteiger partial charge in [-0.05, 0) is 54.1 Å². The number of carbonyl (C=O) groups excluding carboxylic acids is 1. The Bertz CT molecular complexity index is 1240. The highest BCUT2D eigenvalue weighted by Crippen LogP contribution is 2.32. The van der Waals surface area contributed by atoms with Crippen LogP contribution in [-0.4, -0.2) is 24.2 Å². The summed E-state index contributed by atoms with van der Waals surface area (Å²) in [6.07, 6.45) is 1.65. The van der Waals surface area contributed by atoms with E-state index in [1.54, 1.807) is 25.5 Å². The van der Waals surface area contributed by atoms with Crippen molar-refractivity contribution in [3.05, 3.63) is 86.8 Å². The number of nitrogens with zero attached hydrogens (tertiary/aromatic N) is 3. The number of amides is 1. The van der Waals surface area contributed by atoms with Crippen molar-refractivity contribution in [2.75, 3.05) is 12.1 Å². The van der Waals surface area contributed by atoms with E-state index in [0.717, 1.165) is 30.5 Å². The maximum absolute atomic E-state index is 13.3. The van der Waals surface area contributed by atoms with Gasteiger partial charge in [-0.2, -0.15) is 10.1 Å². The number of thiazole rings is 1. The molecule has 5 nitrogen and oxygen atoms in total. The molecule has 1 amide bonds. The van der Waals surface area contributed by atoms with E-state index in [-0.39, 0.29) is 5.91 Å². The summed E-state index contributed by atoms with van der Waals surface area (Å²) in [5.74, 6) is 0.469. The van der Waals surface area contributed by atoms with E-state index in [1.165, 1.54) is 16.3 Å². The monoisotopic (exact) mass is 543 g/mol. The molecule has 4 aromatic rings. The molecule has 30 heavy (non-hydrogen) atoms. The molecule has 0 aliphatic heterocycles. The molecular weight excluding hydrogens is 530 g/mol. The highest BCUT2D eigenvalue weighted by Gasteiger charge is 2.21. The molecule has 0 N–H and O–H groups in total. The van der Waals surface area contributed by atoms with E-state index in [2.05, 4.69) is 41.9 Å². The number of benzene rings is 3. The van der Waals surface area contributed by atoms with Gasteiger partial charge in [-0.3, -0.25) is 4.79 Å². The fraction of sp³-hybridized carbons (Fsp3) is 0.0455. The Morgan fingerprint density at radius 2 is 1.87 bits per heavy atom. The van der Waals surface area contributed by atoms with Gasteiger partial charge in [0.05, 0.1) is 23.5 Å². The number of fused-ring (bicyclic) bond motifs is 1. The first kappa shape index (κ1) is 20.7. The molecule has 0 spiro atoms. The number of hydrazone groups is 1. The molecule has 1 heterocycles. The third kappa shape index (κ3) is 4.61. The van der Waals surface area contributed by atoms with E-state index < -0.39 is 0 Å². The average Bonchev–Trinajstić information content (AvgIpc) is 3.17. The molecule has 0 saturated carbocycles. The lowest BCUT2D eigenvalue weighted by Gasteiger charge is -2.14. The third-order valence-corrected chi connectivity index (χ3v) is 6.24. The zero-order valence-electron chi connectivity index (χ0n) is 15.8. The Morgan fingerprint density at radius 1 is 1.07 bits per heavy atom. The second-order valence-corrected chi connectivity index (χ2v) is 9.09. The summed E-state index contributed by atoms with van der Waals surface area (Å²) < 4.78 is 8.00. The van der Waals surface area contributed by atoms with Crippen LogP contribution in [0, 0.1) is 0 Å². The normalized spacial score (nSPS) is 11.2. The summed E-state index contributed by atoms with van der Waals surface area (Å²) >= 11 is 8.22. The first-order valence-corrected chi connectivity index (χ1v) is 11.3. The quantitative estimate of drug-likeness (QED) is 0.212. The molecule has 0 fully saturated rings. The van der Waals surface area contributed by atoms with Crippen LogP contribution in [0.2, 0.25) is 0 Å². The highest BCUT2D eigenvalue weighted by molar-refractivity contribution is 9.10. The summed E-state index contributed by atoms with van der Waals surface area (Å²) in [5, 5.41) is 6.30. The van der Waals surface area contributed by atoms with Gasteiger partial charge in [0.25, 0.3) is 5.91 Å². The van der Waals surface area contributed by atoms with Crippen LogP contribution in [0.4, 0.5) is 5.13 Å². The molecule has 0 saturated heterocycles. The predicted octanol–water partition coefficient (Wildman–Crippen LogP) is 6.51. The van der Waals surface area contributed by atoms with E-state index in [1.807, 2.05) is 54.6 Å². The summed E-state index contributed by atoms with van der Waals surface area (Å²) in [7, 11) is 1.62. The smallest absolute Gasteiger partial charge is 0.280 e.